The number of benzene rings is 2. The smallest absolute Gasteiger partial charge is 0.147 e. The van der Waals surface area contributed by atoms with Gasteiger partial charge in [0.05, 0.1) is 36.6 Å². The van der Waals surface area contributed by atoms with E-state index < -0.39 is 5.82 Å². The van der Waals surface area contributed by atoms with Crippen LogP contribution in [0.3, 0.4) is 0 Å². The number of methoxy groups -OCH3 is 1. The molecule has 7 nitrogen and oxygen atoms in total. The Balaban J connectivity index is 1.50. The second kappa shape index (κ2) is 10.2. The second-order valence-corrected chi connectivity index (χ2v) is 7.45. The topological polar surface area (TPSA) is 83.3 Å². The summed E-state index contributed by atoms with van der Waals surface area (Å²) in [6, 6.07) is 10.1. The summed E-state index contributed by atoms with van der Waals surface area (Å²) < 4.78 is 20.0. The Morgan fingerprint density at radius 2 is 2.12 bits per heavy atom. The number of rotatable bonds is 8. The quantitative estimate of drug-likeness (QED) is 0.413. The second-order valence-electron chi connectivity index (χ2n) is 7.45. The Morgan fingerprint density at radius 3 is 2.88 bits per heavy atom. The normalized spacial score (nSPS) is 13.8. The zero-order valence-corrected chi connectivity index (χ0v) is 17.8. The SMILES string of the molecule is COc1cc2c(Nc3ccc(C#N)cc3F)ncnc2cc1CCCCN1CC=CCO1. The molecule has 1 aliphatic heterocycles. The molecule has 0 spiro atoms. The van der Waals surface area contributed by atoms with E-state index in [9.17, 15) is 4.39 Å². The minimum atomic E-state index is -0.521. The van der Waals surface area contributed by atoms with Crippen molar-refractivity contribution in [3.63, 3.8) is 0 Å². The van der Waals surface area contributed by atoms with Gasteiger partial charge in [-0.25, -0.2) is 14.4 Å². The van der Waals surface area contributed by atoms with E-state index in [-0.39, 0.29) is 11.3 Å². The van der Waals surface area contributed by atoms with E-state index in [0.29, 0.717) is 12.4 Å². The van der Waals surface area contributed by atoms with Crippen LogP contribution < -0.4 is 10.1 Å². The number of anilines is 2. The average Bonchev–Trinajstić information content (AvgIpc) is 2.83. The summed E-state index contributed by atoms with van der Waals surface area (Å²) in [5, 5.41) is 14.6. The lowest BCUT2D eigenvalue weighted by Gasteiger charge is -2.22. The van der Waals surface area contributed by atoms with Crippen LogP contribution in [0.25, 0.3) is 10.9 Å². The number of ether oxygens (including phenoxy) is 1. The lowest BCUT2D eigenvalue weighted by molar-refractivity contribution is -0.147. The maximum absolute atomic E-state index is 14.3. The third-order valence-corrected chi connectivity index (χ3v) is 5.32. The number of aryl methyl sites for hydroxylation is 1. The van der Waals surface area contributed by atoms with Gasteiger partial charge >= 0.3 is 0 Å². The van der Waals surface area contributed by atoms with Gasteiger partial charge in [-0.05, 0) is 55.2 Å². The van der Waals surface area contributed by atoms with Gasteiger partial charge in [-0.3, -0.25) is 4.84 Å². The number of halogens is 1. The first-order valence-corrected chi connectivity index (χ1v) is 10.5. The number of hydrogen-bond donors (Lipinski definition) is 1. The van der Waals surface area contributed by atoms with Crippen molar-refractivity contribution in [2.45, 2.75) is 19.3 Å². The molecule has 0 unspecified atom stereocenters. The number of aromatic nitrogens is 2. The summed E-state index contributed by atoms with van der Waals surface area (Å²) in [7, 11) is 1.63. The first-order valence-electron chi connectivity index (χ1n) is 10.5. The molecule has 32 heavy (non-hydrogen) atoms. The maximum atomic E-state index is 14.3. The molecule has 0 bridgehead atoms. The molecule has 164 valence electrons. The van der Waals surface area contributed by atoms with Gasteiger partial charge in [-0.15, -0.1) is 0 Å². The first-order chi connectivity index (χ1) is 15.7. The molecule has 2 aromatic carbocycles. The van der Waals surface area contributed by atoms with Crippen LogP contribution >= 0.6 is 0 Å². The van der Waals surface area contributed by atoms with Gasteiger partial charge in [0, 0.05) is 18.5 Å². The van der Waals surface area contributed by atoms with Crippen LogP contribution in [0.15, 0.2) is 48.8 Å². The molecule has 0 radical (unpaired) electrons. The number of nitrogens with one attached hydrogen (secondary N) is 1. The third-order valence-electron chi connectivity index (χ3n) is 5.32. The summed E-state index contributed by atoms with van der Waals surface area (Å²) in [4.78, 5) is 14.2. The van der Waals surface area contributed by atoms with Crippen LogP contribution in [0.1, 0.15) is 24.0 Å². The molecule has 4 rings (SSSR count). The number of nitrogens with zero attached hydrogens (tertiary/aromatic N) is 4. The van der Waals surface area contributed by atoms with Crippen molar-refractivity contribution >= 4 is 22.4 Å². The molecular weight excluding hydrogens is 409 g/mol. The van der Waals surface area contributed by atoms with Crippen LogP contribution in [0.4, 0.5) is 15.9 Å². The summed E-state index contributed by atoms with van der Waals surface area (Å²) in [5.41, 5.74) is 2.31. The van der Waals surface area contributed by atoms with E-state index in [1.807, 2.05) is 29.3 Å². The largest absolute Gasteiger partial charge is 0.496 e. The van der Waals surface area contributed by atoms with Gasteiger partial charge in [0.25, 0.3) is 0 Å². The predicted molar refractivity (Wildman–Crippen MR) is 120 cm³/mol. The van der Waals surface area contributed by atoms with Gasteiger partial charge in [-0.2, -0.15) is 10.3 Å². The van der Waals surface area contributed by atoms with Gasteiger partial charge in [0.1, 0.15) is 23.7 Å². The maximum Gasteiger partial charge on any atom is 0.147 e. The van der Waals surface area contributed by atoms with E-state index in [1.165, 1.54) is 18.5 Å². The molecule has 1 N–H and O–H groups in total. The lowest BCUT2D eigenvalue weighted by Crippen LogP contribution is -2.28. The number of fused-ring (bicyclic) bond motifs is 1. The van der Waals surface area contributed by atoms with Crippen LogP contribution in [-0.4, -0.2) is 41.8 Å². The van der Waals surface area contributed by atoms with Crippen molar-refractivity contribution in [3.05, 3.63) is 65.8 Å². The highest BCUT2D eigenvalue weighted by atomic mass is 19.1. The van der Waals surface area contributed by atoms with Gasteiger partial charge in [-0.1, -0.05) is 12.2 Å². The molecule has 0 fully saturated rings. The van der Waals surface area contributed by atoms with Crippen LogP contribution in [0, 0.1) is 17.1 Å². The molecule has 0 aliphatic carbocycles. The third kappa shape index (κ3) is 5.02. The highest BCUT2D eigenvalue weighted by Gasteiger charge is 2.13. The minimum absolute atomic E-state index is 0.238. The molecule has 8 heteroatoms. The number of hydroxylamine groups is 2. The highest BCUT2D eigenvalue weighted by Crippen LogP contribution is 2.31. The van der Waals surface area contributed by atoms with E-state index in [2.05, 4.69) is 21.4 Å². The zero-order valence-electron chi connectivity index (χ0n) is 17.8. The van der Waals surface area contributed by atoms with Crippen molar-refractivity contribution < 1.29 is 14.0 Å². The van der Waals surface area contributed by atoms with Gasteiger partial charge in [0.2, 0.25) is 0 Å². The fourth-order valence-corrected chi connectivity index (χ4v) is 3.65. The Hall–Kier alpha value is -3.54. The van der Waals surface area contributed by atoms with Crippen molar-refractivity contribution in [1.29, 1.82) is 5.26 Å². The fourth-order valence-electron chi connectivity index (χ4n) is 3.65. The molecule has 2 heterocycles. The van der Waals surface area contributed by atoms with Gasteiger partial charge in [0.15, 0.2) is 0 Å². The van der Waals surface area contributed by atoms with Crippen LogP contribution in [0.2, 0.25) is 0 Å². The predicted octanol–water partition coefficient (Wildman–Crippen LogP) is 4.52. The average molecular weight is 433 g/mol. The summed E-state index contributed by atoms with van der Waals surface area (Å²) in [5.74, 6) is 0.694. The van der Waals surface area contributed by atoms with Crippen LogP contribution in [-0.2, 0) is 11.3 Å². The number of nitriles is 1. The fraction of sp³-hybridized carbons (Fsp3) is 0.292. The lowest BCUT2D eigenvalue weighted by atomic mass is 10.0. The highest BCUT2D eigenvalue weighted by molar-refractivity contribution is 5.92. The van der Waals surface area contributed by atoms with Gasteiger partial charge < -0.3 is 10.1 Å². The van der Waals surface area contributed by atoms with E-state index in [1.54, 1.807) is 13.2 Å². The summed E-state index contributed by atoms with van der Waals surface area (Å²) in [6.07, 6.45) is 8.42. The molecule has 1 aromatic heterocycles. The van der Waals surface area contributed by atoms with E-state index in [4.69, 9.17) is 14.8 Å². The molecular formula is C24H24FN5O2. The summed E-state index contributed by atoms with van der Waals surface area (Å²) >= 11 is 0. The Kier molecular flexibility index (Phi) is 6.90. The zero-order chi connectivity index (χ0) is 22.3. The Bertz CT molecular complexity index is 1170. The summed E-state index contributed by atoms with van der Waals surface area (Å²) in [6.45, 7) is 2.35. The number of unbranched alkanes of at least 4 members (excludes halogenated alkanes) is 1. The van der Waals surface area contributed by atoms with Crippen LogP contribution in [0.5, 0.6) is 5.75 Å². The Morgan fingerprint density at radius 1 is 1.22 bits per heavy atom. The van der Waals surface area contributed by atoms with E-state index in [0.717, 1.165) is 54.6 Å². The van der Waals surface area contributed by atoms with Crippen molar-refractivity contribution in [3.8, 4) is 11.8 Å². The Labute approximate surface area is 186 Å². The standard InChI is InChI=1S/C24H24FN5O2/c1-31-23-14-19-22(13-18(23)6-2-3-9-30-10-4-5-11-32-30)27-16-28-24(19)29-21-8-7-17(15-26)12-20(21)25/h4-5,7-8,12-14,16H,2-3,6,9-11H2,1H3,(H,27,28,29). The monoisotopic (exact) mass is 433 g/mol. The van der Waals surface area contributed by atoms with Crippen molar-refractivity contribution in [2.24, 2.45) is 0 Å². The van der Waals surface area contributed by atoms with E-state index >= 15 is 0 Å². The first kappa shape index (κ1) is 21.7. The molecule has 1 aliphatic rings. The van der Waals surface area contributed by atoms with Crippen molar-refractivity contribution in [1.82, 2.24) is 15.0 Å². The molecule has 0 saturated heterocycles. The number of hydrogen-bond acceptors (Lipinski definition) is 7. The van der Waals surface area contributed by atoms with Crippen molar-refractivity contribution in [2.75, 3.05) is 32.1 Å². The molecule has 0 saturated carbocycles. The minimum Gasteiger partial charge on any atom is -0.496 e. The molecule has 0 atom stereocenters. The molecule has 3 aromatic rings. The molecule has 0 amide bonds.